The molecular formula is C13H12N2O3. The Morgan fingerprint density at radius 2 is 2.06 bits per heavy atom. The van der Waals surface area contributed by atoms with Crippen LogP contribution in [0.3, 0.4) is 0 Å². The van der Waals surface area contributed by atoms with Crippen LogP contribution in [-0.4, -0.2) is 22.4 Å². The van der Waals surface area contributed by atoms with Crippen LogP contribution >= 0.6 is 0 Å². The normalized spacial score (nSPS) is 10.7. The number of carboxylic acid groups (broad SMARTS) is 1. The number of benzene rings is 1. The van der Waals surface area contributed by atoms with Crippen molar-refractivity contribution in [2.24, 2.45) is 5.10 Å². The number of hydrazone groups is 1. The van der Waals surface area contributed by atoms with Gasteiger partial charge in [0.25, 0.3) is 0 Å². The summed E-state index contributed by atoms with van der Waals surface area (Å²) < 4.78 is 5.04. The Morgan fingerprint density at radius 3 is 2.67 bits per heavy atom. The SMILES string of the molecule is O=C(O)N(Cc1ccccc1)N=Cc1ccco1. The van der Waals surface area contributed by atoms with Gasteiger partial charge in [-0.1, -0.05) is 30.3 Å². The summed E-state index contributed by atoms with van der Waals surface area (Å²) in [4.78, 5) is 11.0. The fourth-order valence-corrected chi connectivity index (χ4v) is 1.41. The molecule has 1 N–H and O–H groups in total. The smallest absolute Gasteiger partial charge is 0.428 e. The van der Waals surface area contributed by atoms with Crippen molar-refractivity contribution in [3.05, 3.63) is 60.1 Å². The summed E-state index contributed by atoms with van der Waals surface area (Å²) in [6.07, 6.45) is 1.77. The van der Waals surface area contributed by atoms with E-state index in [2.05, 4.69) is 5.10 Å². The first-order valence-corrected chi connectivity index (χ1v) is 5.37. The number of hydrogen-bond donors (Lipinski definition) is 1. The van der Waals surface area contributed by atoms with Gasteiger partial charge < -0.3 is 9.52 Å². The van der Waals surface area contributed by atoms with E-state index in [4.69, 9.17) is 9.52 Å². The Bertz CT molecular complexity index is 520. The summed E-state index contributed by atoms with van der Waals surface area (Å²) in [5.41, 5.74) is 0.872. The maximum Gasteiger partial charge on any atom is 0.428 e. The van der Waals surface area contributed by atoms with Gasteiger partial charge in [-0.05, 0) is 17.7 Å². The van der Waals surface area contributed by atoms with Crippen molar-refractivity contribution >= 4 is 12.3 Å². The molecule has 5 nitrogen and oxygen atoms in total. The molecule has 92 valence electrons. The second-order valence-corrected chi connectivity index (χ2v) is 3.59. The van der Waals surface area contributed by atoms with E-state index in [0.29, 0.717) is 5.76 Å². The molecule has 1 aromatic carbocycles. The van der Waals surface area contributed by atoms with Gasteiger partial charge in [-0.3, -0.25) is 0 Å². The van der Waals surface area contributed by atoms with Crippen LogP contribution in [-0.2, 0) is 6.54 Å². The number of hydrogen-bond acceptors (Lipinski definition) is 3. The highest BCUT2D eigenvalue weighted by molar-refractivity contribution is 5.77. The zero-order valence-corrected chi connectivity index (χ0v) is 9.56. The topological polar surface area (TPSA) is 66.0 Å². The second-order valence-electron chi connectivity index (χ2n) is 3.59. The van der Waals surface area contributed by atoms with Gasteiger partial charge in [-0.15, -0.1) is 0 Å². The van der Waals surface area contributed by atoms with Gasteiger partial charge in [0.15, 0.2) is 0 Å². The van der Waals surface area contributed by atoms with Crippen LogP contribution < -0.4 is 0 Å². The molecule has 2 aromatic rings. The predicted octanol–water partition coefficient (Wildman–Crippen LogP) is 2.79. The van der Waals surface area contributed by atoms with Gasteiger partial charge in [0.2, 0.25) is 0 Å². The highest BCUT2D eigenvalue weighted by Crippen LogP contribution is 2.05. The third kappa shape index (κ3) is 3.21. The summed E-state index contributed by atoms with van der Waals surface area (Å²) in [6.45, 7) is 0.202. The molecule has 1 heterocycles. The molecule has 0 spiro atoms. The van der Waals surface area contributed by atoms with Gasteiger partial charge in [0, 0.05) is 0 Å². The van der Waals surface area contributed by atoms with Gasteiger partial charge in [0.05, 0.1) is 19.0 Å². The molecule has 18 heavy (non-hydrogen) atoms. The molecule has 0 saturated heterocycles. The van der Waals surface area contributed by atoms with Gasteiger partial charge in [-0.25, -0.2) is 4.79 Å². The molecule has 0 aliphatic carbocycles. The lowest BCUT2D eigenvalue weighted by atomic mass is 10.2. The monoisotopic (exact) mass is 244 g/mol. The summed E-state index contributed by atoms with van der Waals surface area (Å²) in [6, 6.07) is 12.7. The lowest BCUT2D eigenvalue weighted by molar-refractivity contribution is 0.144. The van der Waals surface area contributed by atoms with Crippen molar-refractivity contribution in [3.8, 4) is 0 Å². The van der Waals surface area contributed by atoms with Crippen molar-refractivity contribution in [2.75, 3.05) is 0 Å². The summed E-state index contributed by atoms with van der Waals surface area (Å²) in [5.74, 6) is 0.509. The van der Waals surface area contributed by atoms with E-state index >= 15 is 0 Å². The van der Waals surface area contributed by atoms with Crippen molar-refractivity contribution in [3.63, 3.8) is 0 Å². The Labute approximate surface area is 104 Å². The van der Waals surface area contributed by atoms with Crippen LogP contribution in [0.1, 0.15) is 11.3 Å². The first kappa shape index (κ1) is 11.9. The number of amides is 1. The lowest BCUT2D eigenvalue weighted by Crippen LogP contribution is -2.23. The minimum Gasteiger partial charge on any atom is -0.464 e. The van der Waals surface area contributed by atoms with Crippen LogP contribution in [0.25, 0.3) is 0 Å². The molecule has 0 aliphatic rings. The largest absolute Gasteiger partial charge is 0.464 e. The zero-order chi connectivity index (χ0) is 12.8. The van der Waals surface area contributed by atoms with E-state index in [1.165, 1.54) is 12.5 Å². The number of carbonyl (C=O) groups is 1. The van der Waals surface area contributed by atoms with Crippen LogP contribution in [0.5, 0.6) is 0 Å². The highest BCUT2D eigenvalue weighted by atomic mass is 16.4. The molecule has 0 atom stereocenters. The lowest BCUT2D eigenvalue weighted by Gasteiger charge is -2.12. The molecule has 0 saturated carbocycles. The fraction of sp³-hybridized carbons (Fsp3) is 0.0769. The quantitative estimate of drug-likeness (QED) is 0.664. The molecule has 5 heteroatoms. The van der Waals surface area contributed by atoms with E-state index in [9.17, 15) is 4.79 Å². The number of nitrogens with zero attached hydrogens (tertiary/aromatic N) is 2. The van der Waals surface area contributed by atoms with Gasteiger partial charge in [0.1, 0.15) is 5.76 Å². The van der Waals surface area contributed by atoms with Gasteiger partial charge >= 0.3 is 6.09 Å². The molecule has 0 bridgehead atoms. The Hall–Kier alpha value is -2.56. The van der Waals surface area contributed by atoms with Crippen LogP contribution in [0.4, 0.5) is 4.79 Å². The molecule has 0 fully saturated rings. The Kier molecular flexibility index (Phi) is 3.76. The maximum absolute atomic E-state index is 11.0. The van der Waals surface area contributed by atoms with Crippen LogP contribution in [0.15, 0.2) is 58.2 Å². The van der Waals surface area contributed by atoms with E-state index in [-0.39, 0.29) is 6.54 Å². The van der Waals surface area contributed by atoms with Crippen molar-refractivity contribution in [1.29, 1.82) is 0 Å². The first-order valence-electron chi connectivity index (χ1n) is 5.37. The third-order valence-electron chi connectivity index (χ3n) is 2.26. The predicted molar refractivity (Wildman–Crippen MR) is 66.3 cm³/mol. The van der Waals surface area contributed by atoms with Gasteiger partial charge in [-0.2, -0.15) is 10.1 Å². The number of furan rings is 1. The van der Waals surface area contributed by atoms with Crippen LogP contribution in [0.2, 0.25) is 0 Å². The summed E-state index contributed by atoms with van der Waals surface area (Å²) in [5, 5.41) is 13.9. The van der Waals surface area contributed by atoms with Crippen LogP contribution in [0, 0.1) is 0 Å². The maximum atomic E-state index is 11.0. The molecule has 1 aromatic heterocycles. The third-order valence-corrected chi connectivity index (χ3v) is 2.26. The van der Waals surface area contributed by atoms with Crippen molar-refractivity contribution in [2.45, 2.75) is 6.54 Å². The standard InChI is InChI=1S/C13H12N2O3/c16-13(17)15(10-11-5-2-1-3-6-11)14-9-12-7-4-8-18-12/h1-9H,10H2,(H,16,17). The molecule has 2 rings (SSSR count). The van der Waals surface area contributed by atoms with E-state index in [0.717, 1.165) is 10.6 Å². The Balaban J connectivity index is 2.07. The highest BCUT2D eigenvalue weighted by Gasteiger charge is 2.10. The molecule has 0 unspecified atom stereocenters. The average Bonchev–Trinajstić information content (AvgIpc) is 2.88. The summed E-state index contributed by atoms with van der Waals surface area (Å²) in [7, 11) is 0. The van der Waals surface area contributed by atoms with E-state index < -0.39 is 6.09 Å². The summed E-state index contributed by atoms with van der Waals surface area (Å²) >= 11 is 0. The molecule has 0 aliphatic heterocycles. The Morgan fingerprint density at radius 1 is 1.28 bits per heavy atom. The number of rotatable bonds is 4. The first-order chi connectivity index (χ1) is 8.75. The molecule has 0 radical (unpaired) electrons. The van der Waals surface area contributed by atoms with Crippen molar-refractivity contribution < 1.29 is 14.3 Å². The minimum atomic E-state index is -1.11. The van der Waals surface area contributed by atoms with E-state index in [1.54, 1.807) is 12.1 Å². The van der Waals surface area contributed by atoms with Crippen molar-refractivity contribution in [1.82, 2.24) is 5.01 Å². The second kappa shape index (κ2) is 5.67. The van der Waals surface area contributed by atoms with E-state index in [1.807, 2.05) is 30.3 Å². The molecule has 1 amide bonds. The minimum absolute atomic E-state index is 0.202. The molecular weight excluding hydrogens is 232 g/mol. The fourth-order valence-electron chi connectivity index (χ4n) is 1.41. The average molecular weight is 244 g/mol. The zero-order valence-electron chi connectivity index (χ0n) is 9.56.